The van der Waals surface area contributed by atoms with E-state index in [4.69, 9.17) is 10.5 Å². The molecule has 1 aromatic rings. The SMILES string of the molecule is COC(=O)C(C)(C)COC(=O)CCc1ccccc1C(N)=O. The molecular formula is C16H21NO5. The fraction of sp³-hybridized carbons (Fsp3) is 0.438. The van der Waals surface area contributed by atoms with E-state index in [2.05, 4.69) is 4.74 Å². The number of carbonyl (C=O) groups is 3. The summed E-state index contributed by atoms with van der Waals surface area (Å²) in [4.78, 5) is 34.5. The average Bonchev–Trinajstić information content (AvgIpc) is 2.50. The van der Waals surface area contributed by atoms with Gasteiger partial charge in [0.15, 0.2) is 0 Å². The van der Waals surface area contributed by atoms with Crippen molar-refractivity contribution in [3.8, 4) is 0 Å². The van der Waals surface area contributed by atoms with Crippen molar-refractivity contribution in [3.63, 3.8) is 0 Å². The molecule has 6 nitrogen and oxygen atoms in total. The maximum atomic E-state index is 11.8. The van der Waals surface area contributed by atoms with Crippen molar-refractivity contribution in [2.24, 2.45) is 11.1 Å². The minimum absolute atomic E-state index is 0.0596. The largest absolute Gasteiger partial charge is 0.469 e. The molecule has 2 N–H and O–H groups in total. The van der Waals surface area contributed by atoms with E-state index in [1.165, 1.54) is 7.11 Å². The molecule has 22 heavy (non-hydrogen) atoms. The number of aryl methyl sites for hydroxylation is 1. The molecule has 1 aromatic carbocycles. The fourth-order valence-electron chi connectivity index (χ4n) is 1.88. The Hall–Kier alpha value is -2.37. The highest BCUT2D eigenvalue weighted by Crippen LogP contribution is 2.18. The van der Waals surface area contributed by atoms with Gasteiger partial charge >= 0.3 is 11.9 Å². The lowest BCUT2D eigenvalue weighted by Gasteiger charge is -2.20. The van der Waals surface area contributed by atoms with Gasteiger partial charge in [-0.15, -0.1) is 0 Å². The summed E-state index contributed by atoms with van der Waals surface area (Å²) in [5.74, 6) is -1.42. The quantitative estimate of drug-likeness (QED) is 0.769. The summed E-state index contributed by atoms with van der Waals surface area (Å²) in [6.07, 6.45) is 0.443. The van der Waals surface area contributed by atoms with Gasteiger partial charge in [-0.2, -0.15) is 0 Å². The third kappa shape index (κ3) is 4.87. The number of esters is 2. The van der Waals surface area contributed by atoms with Gasteiger partial charge in [0.1, 0.15) is 6.61 Å². The maximum absolute atomic E-state index is 11.8. The zero-order chi connectivity index (χ0) is 16.8. The highest BCUT2D eigenvalue weighted by atomic mass is 16.5. The third-order valence-electron chi connectivity index (χ3n) is 3.21. The number of carbonyl (C=O) groups excluding carboxylic acids is 3. The molecule has 0 aliphatic heterocycles. The second kappa shape index (κ2) is 7.59. The summed E-state index contributed by atoms with van der Waals surface area (Å²) < 4.78 is 9.73. The molecule has 1 amide bonds. The van der Waals surface area contributed by atoms with Gasteiger partial charge in [0.05, 0.1) is 12.5 Å². The molecule has 0 spiro atoms. The molecule has 0 saturated carbocycles. The molecule has 6 heteroatoms. The van der Waals surface area contributed by atoms with Crippen LogP contribution in [-0.4, -0.2) is 31.6 Å². The normalized spacial score (nSPS) is 10.9. The van der Waals surface area contributed by atoms with E-state index in [1.807, 2.05) is 0 Å². The van der Waals surface area contributed by atoms with Crippen molar-refractivity contribution in [1.82, 2.24) is 0 Å². The molecule has 0 aromatic heterocycles. The first-order chi connectivity index (χ1) is 10.3. The molecule has 0 saturated heterocycles. The Morgan fingerprint density at radius 3 is 2.41 bits per heavy atom. The third-order valence-corrected chi connectivity index (χ3v) is 3.21. The predicted molar refractivity (Wildman–Crippen MR) is 80.0 cm³/mol. The number of hydrogen-bond donors (Lipinski definition) is 1. The summed E-state index contributed by atoms with van der Waals surface area (Å²) in [6, 6.07) is 6.84. The number of hydrogen-bond acceptors (Lipinski definition) is 5. The van der Waals surface area contributed by atoms with Gasteiger partial charge in [-0.05, 0) is 31.9 Å². The lowest BCUT2D eigenvalue weighted by molar-refractivity contribution is -0.159. The highest BCUT2D eigenvalue weighted by Gasteiger charge is 2.30. The molecule has 0 fully saturated rings. The molecule has 0 radical (unpaired) electrons. The summed E-state index contributed by atoms with van der Waals surface area (Å²) in [5, 5.41) is 0. The summed E-state index contributed by atoms with van der Waals surface area (Å²) >= 11 is 0. The first-order valence-corrected chi connectivity index (χ1v) is 6.89. The lowest BCUT2D eigenvalue weighted by Crippen LogP contribution is -2.32. The van der Waals surface area contributed by atoms with E-state index in [0.717, 1.165) is 0 Å². The van der Waals surface area contributed by atoms with Gasteiger partial charge in [0, 0.05) is 12.0 Å². The molecule has 0 aliphatic carbocycles. The molecule has 0 aliphatic rings. The molecule has 120 valence electrons. The minimum Gasteiger partial charge on any atom is -0.469 e. The first-order valence-electron chi connectivity index (χ1n) is 6.89. The van der Waals surface area contributed by atoms with Crippen molar-refractivity contribution in [3.05, 3.63) is 35.4 Å². The van der Waals surface area contributed by atoms with Crippen molar-refractivity contribution in [2.45, 2.75) is 26.7 Å². The van der Waals surface area contributed by atoms with Crippen molar-refractivity contribution in [2.75, 3.05) is 13.7 Å². The van der Waals surface area contributed by atoms with E-state index in [0.29, 0.717) is 17.5 Å². The van der Waals surface area contributed by atoms with E-state index in [1.54, 1.807) is 38.1 Å². The number of nitrogens with two attached hydrogens (primary N) is 1. The average molecular weight is 307 g/mol. The number of methoxy groups -OCH3 is 1. The van der Waals surface area contributed by atoms with Crippen LogP contribution >= 0.6 is 0 Å². The van der Waals surface area contributed by atoms with E-state index < -0.39 is 23.3 Å². The molecular weight excluding hydrogens is 286 g/mol. The van der Waals surface area contributed by atoms with Gasteiger partial charge in [0.25, 0.3) is 0 Å². The van der Waals surface area contributed by atoms with Crippen LogP contribution in [0.15, 0.2) is 24.3 Å². The number of benzene rings is 1. The Morgan fingerprint density at radius 1 is 1.18 bits per heavy atom. The van der Waals surface area contributed by atoms with E-state index >= 15 is 0 Å². The summed E-state index contributed by atoms with van der Waals surface area (Å²) in [7, 11) is 1.28. The zero-order valence-corrected chi connectivity index (χ0v) is 13.0. The number of primary amides is 1. The van der Waals surface area contributed by atoms with Crippen molar-refractivity contribution < 1.29 is 23.9 Å². The molecule has 0 atom stereocenters. The van der Waals surface area contributed by atoms with Crippen LogP contribution in [0.5, 0.6) is 0 Å². The van der Waals surface area contributed by atoms with Gasteiger partial charge in [-0.3, -0.25) is 14.4 Å². The molecule has 0 bridgehead atoms. The Bertz CT molecular complexity index is 565. The molecule has 0 unspecified atom stereocenters. The van der Waals surface area contributed by atoms with Crippen LogP contribution in [0.25, 0.3) is 0 Å². The molecule has 1 rings (SSSR count). The van der Waals surface area contributed by atoms with Crippen LogP contribution in [0.2, 0.25) is 0 Å². The minimum atomic E-state index is -0.893. The standard InChI is InChI=1S/C16H21NO5/c1-16(2,15(20)21-3)10-22-13(18)9-8-11-6-4-5-7-12(11)14(17)19/h4-7H,8-10H2,1-3H3,(H2,17,19). The number of amides is 1. The Kier molecular flexibility index (Phi) is 6.10. The zero-order valence-electron chi connectivity index (χ0n) is 13.0. The van der Waals surface area contributed by atoms with Crippen molar-refractivity contribution >= 4 is 17.8 Å². The van der Waals surface area contributed by atoms with Gasteiger partial charge in [-0.1, -0.05) is 18.2 Å². The van der Waals surface area contributed by atoms with Gasteiger partial charge < -0.3 is 15.2 Å². The number of ether oxygens (including phenoxy) is 2. The Morgan fingerprint density at radius 2 is 1.82 bits per heavy atom. The topological polar surface area (TPSA) is 95.7 Å². The second-order valence-corrected chi connectivity index (χ2v) is 5.56. The summed E-state index contributed by atoms with van der Waals surface area (Å²) in [6.45, 7) is 3.21. The predicted octanol–water partition coefficient (Wildman–Crippen LogP) is 1.46. The van der Waals surface area contributed by atoms with Crippen LogP contribution in [-0.2, 0) is 25.5 Å². The van der Waals surface area contributed by atoms with Gasteiger partial charge in [-0.25, -0.2) is 0 Å². The monoisotopic (exact) mass is 307 g/mol. The van der Waals surface area contributed by atoms with Crippen LogP contribution in [0.4, 0.5) is 0 Å². The van der Waals surface area contributed by atoms with Crippen molar-refractivity contribution in [1.29, 1.82) is 0 Å². The van der Waals surface area contributed by atoms with E-state index in [-0.39, 0.29) is 13.0 Å². The van der Waals surface area contributed by atoms with Crippen LogP contribution in [0.1, 0.15) is 36.2 Å². The fourth-order valence-corrected chi connectivity index (χ4v) is 1.88. The number of rotatable bonds is 7. The second-order valence-electron chi connectivity index (χ2n) is 5.56. The summed E-state index contributed by atoms with van der Waals surface area (Å²) in [5.41, 5.74) is 5.47. The van der Waals surface area contributed by atoms with Crippen LogP contribution < -0.4 is 5.73 Å². The smallest absolute Gasteiger partial charge is 0.314 e. The lowest BCUT2D eigenvalue weighted by atomic mass is 9.95. The van der Waals surface area contributed by atoms with Crippen LogP contribution in [0, 0.1) is 5.41 Å². The highest BCUT2D eigenvalue weighted by molar-refractivity contribution is 5.94. The van der Waals surface area contributed by atoms with Crippen LogP contribution in [0.3, 0.4) is 0 Å². The Balaban J connectivity index is 2.54. The van der Waals surface area contributed by atoms with Gasteiger partial charge in [0.2, 0.25) is 5.91 Å². The Labute approximate surface area is 129 Å². The first kappa shape index (κ1) is 17.7. The van der Waals surface area contributed by atoms with E-state index in [9.17, 15) is 14.4 Å². The molecule has 0 heterocycles. The maximum Gasteiger partial charge on any atom is 0.314 e.